The summed E-state index contributed by atoms with van der Waals surface area (Å²) in [4.78, 5) is 39.8. The van der Waals surface area contributed by atoms with Crippen LogP contribution in [0.15, 0.2) is 52.1 Å². The molecular formula is C15H9N3O4S2. The van der Waals surface area contributed by atoms with Gasteiger partial charge in [0.05, 0.1) is 15.7 Å². The average molecular weight is 359 g/mol. The smallest absolute Gasteiger partial charge is 0.270 e. The monoisotopic (exact) mass is 359 g/mol. The lowest BCUT2D eigenvalue weighted by Gasteiger charge is -1.96. The number of hydrogen-bond donors (Lipinski definition) is 2. The first-order valence-electron chi connectivity index (χ1n) is 6.67. The summed E-state index contributed by atoms with van der Waals surface area (Å²) in [5.41, 5.74) is -1.15. The predicted octanol–water partition coefficient (Wildman–Crippen LogP) is 3.19. The molecule has 24 heavy (non-hydrogen) atoms. The molecule has 2 N–H and O–H groups in total. The number of rotatable bonds is 1. The van der Waals surface area contributed by atoms with Crippen LogP contribution >= 0.6 is 23.6 Å². The van der Waals surface area contributed by atoms with Crippen molar-refractivity contribution < 1.29 is 4.92 Å². The van der Waals surface area contributed by atoms with Crippen molar-refractivity contribution in [2.45, 2.75) is 0 Å². The maximum absolute atomic E-state index is 12.3. The predicted molar refractivity (Wildman–Crippen MR) is 95.7 cm³/mol. The Morgan fingerprint density at radius 1 is 0.958 bits per heavy atom. The van der Waals surface area contributed by atoms with Crippen molar-refractivity contribution in [3.05, 3.63) is 78.1 Å². The van der Waals surface area contributed by atoms with Crippen LogP contribution in [-0.4, -0.2) is 14.9 Å². The molecular weight excluding hydrogens is 350 g/mol. The molecule has 7 nitrogen and oxygen atoms in total. The second-order valence-corrected chi connectivity index (χ2v) is 6.27. The van der Waals surface area contributed by atoms with Crippen molar-refractivity contribution in [3.8, 4) is 0 Å². The van der Waals surface area contributed by atoms with Crippen molar-refractivity contribution in [3.63, 3.8) is 0 Å². The molecule has 0 bridgehead atoms. The summed E-state index contributed by atoms with van der Waals surface area (Å²) in [6.45, 7) is 0. The van der Waals surface area contributed by atoms with Gasteiger partial charge in [-0.05, 0) is 30.4 Å². The van der Waals surface area contributed by atoms with Gasteiger partial charge in [0.25, 0.3) is 16.8 Å². The van der Waals surface area contributed by atoms with E-state index in [0.29, 0.717) is 14.8 Å². The van der Waals surface area contributed by atoms with Crippen molar-refractivity contribution in [1.29, 1.82) is 0 Å². The molecule has 3 rings (SSSR count). The molecule has 0 saturated carbocycles. The van der Waals surface area contributed by atoms with Gasteiger partial charge in [0, 0.05) is 21.5 Å². The third-order valence-corrected chi connectivity index (χ3v) is 4.56. The van der Waals surface area contributed by atoms with Gasteiger partial charge >= 0.3 is 0 Å². The summed E-state index contributed by atoms with van der Waals surface area (Å²) in [5.74, 6) is 0. The van der Waals surface area contributed by atoms with Gasteiger partial charge in [-0.3, -0.25) is 29.7 Å². The number of non-ortho nitro benzene ring substituents is 1. The number of fused-ring (bicyclic) bond motifs is 2. The van der Waals surface area contributed by atoms with Crippen molar-refractivity contribution >= 4 is 49.4 Å². The van der Waals surface area contributed by atoms with E-state index in [9.17, 15) is 19.7 Å². The molecule has 2 aromatic carbocycles. The second-order valence-electron chi connectivity index (χ2n) is 4.77. The van der Waals surface area contributed by atoms with E-state index < -0.39 is 16.0 Å². The highest BCUT2D eigenvalue weighted by Gasteiger charge is 2.08. The van der Waals surface area contributed by atoms with Gasteiger partial charge in [-0.1, -0.05) is 12.1 Å². The van der Waals surface area contributed by atoms with E-state index in [-0.39, 0.29) is 15.8 Å². The van der Waals surface area contributed by atoms with E-state index in [4.69, 9.17) is 12.2 Å². The lowest BCUT2D eigenvalue weighted by atomic mass is 10.2. The van der Waals surface area contributed by atoms with Crippen LogP contribution in [0.2, 0.25) is 0 Å². The quantitative estimate of drug-likeness (QED) is 0.394. The first kappa shape index (κ1) is 16.0. The number of nitrogens with one attached hydrogen (secondary N) is 2. The third-order valence-electron chi connectivity index (χ3n) is 3.23. The van der Waals surface area contributed by atoms with Crippen LogP contribution in [0.5, 0.6) is 0 Å². The van der Waals surface area contributed by atoms with Crippen LogP contribution in [0.4, 0.5) is 5.69 Å². The molecule has 0 saturated heterocycles. The van der Waals surface area contributed by atoms with E-state index in [1.165, 1.54) is 18.2 Å². The van der Waals surface area contributed by atoms with E-state index in [1.54, 1.807) is 24.3 Å². The highest BCUT2D eigenvalue weighted by molar-refractivity contribution is 7.71. The summed E-state index contributed by atoms with van der Waals surface area (Å²) < 4.78 is 0.803. The Balaban J connectivity index is 2.66. The largest absolute Gasteiger partial charge is 0.299 e. The number of nitrogens with zero attached hydrogens (tertiary/aromatic N) is 1. The van der Waals surface area contributed by atoms with Gasteiger partial charge in [-0.2, -0.15) is 0 Å². The number of aromatic amines is 2. The molecule has 0 radical (unpaired) electrons. The molecule has 0 aliphatic heterocycles. The summed E-state index contributed by atoms with van der Waals surface area (Å²) in [7, 11) is 0. The molecule has 0 aliphatic rings. The van der Waals surface area contributed by atoms with Crippen molar-refractivity contribution in [2.24, 2.45) is 0 Å². The molecule has 120 valence electrons. The van der Waals surface area contributed by atoms with E-state index in [1.807, 2.05) is 0 Å². The maximum Gasteiger partial charge on any atom is 0.270 e. The molecule has 9 heteroatoms. The average Bonchev–Trinajstić information content (AvgIpc) is 2.54. The molecule has 0 atom stereocenters. The van der Waals surface area contributed by atoms with Gasteiger partial charge in [0.1, 0.15) is 0 Å². The number of nitro groups is 1. The topological polar surface area (TPSA) is 109 Å². The van der Waals surface area contributed by atoms with Gasteiger partial charge in [0.15, 0.2) is 4.77 Å². The molecule has 0 aliphatic carbocycles. The Kier molecular flexibility index (Phi) is 4.19. The third kappa shape index (κ3) is 3.07. The maximum atomic E-state index is 12.3. The summed E-state index contributed by atoms with van der Waals surface area (Å²) in [6, 6.07) is 10.7. The highest BCUT2D eigenvalue weighted by atomic mass is 32.1. The van der Waals surface area contributed by atoms with Crippen molar-refractivity contribution in [2.75, 3.05) is 0 Å². The van der Waals surface area contributed by atoms with Crippen LogP contribution < -0.4 is 11.1 Å². The summed E-state index contributed by atoms with van der Waals surface area (Å²) in [5, 5.41) is 11.6. The fourth-order valence-electron chi connectivity index (χ4n) is 2.13. The van der Waals surface area contributed by atoms with Crippen LogP contribution in [0, 0.1) is 14.9 Å². The Hall–Kier alpha value is -2.91. The Bertz CT molecular complexity index is 1210. The lowest BCUT2D eigenvalue weighted by molar-refractivity contribution is -0.384. The number of aromatic nitrogens is 2. The zero-order valence-corrected chi connectivity index (χ0v) is 13.6. The minimum absolute atomic E-state index is 0.129. The van der Waals surface area contributed by atoms with Crippen LogP contribution in [0.1, 0.15) is 0 Å². The second kappa shape index (κ2) is 6.30. The van der Waals surface area contributed by atoms with Gasteiger partial charge in [0.2, 0.25) is 0 Å². The number of hydrogen-bond acceptors (Lipinski definition) is 6. The van der Waals surface area contributed by atoms with Gasteiger partial charge in [-0.15, -0.1) is 11.3 Å². The Morgan fingerprint density at radius 3 is 2.25 bits per heavy atom. The van der Waals surface area contributed by atoms with E-state index in [2.05, 4.69) is 9.97 Å². The Morgan fingerprint density at radius 2 is 1.58 bits per heavy atom. The minimum atomic E-state index is -0.544. The zero-order valence-electron chi connectivity index (χ0n) is 11.9. The molecule has 0 fully saturated rings. The number of H-pyrrole nitrogens is 2. The molecule has 0 spiro atoms. The van der Waals surface area contributed by atoms with Crippen LogP contribution in [0.3, 0.4) is 0 Å². The van der Waals surface area contributed by atoms with Crippen molar-refractivity contribution in [1.82, 2.24) is 9.97 Å². The van der Waals surface area contributed by atoms with Gasteiger partial charge in [-0.25, -0.2) is 0 Å². The van der Waals surface area contributed by atoms with Crippen LogP contribution in [-0.2, 0) is 0 Å². The minimum Gasteiger partial charge on any atom is -0.299 e. The van der Waals surface area contributed by atoms with Gasteiger partial charge < -0.3 is 0 Å². The first-order chi connectivity index (χ1) is 11.5. The lowest BCUT2D eigenvalue weighted by Crippen LogP contribution is -2.08. The first-order valence-corrected chi connectivity index (χ1v) is 7.90. The molecule has 3 aromatic rings. The highest BCUT2D eigenvalue weighted by Crippen LogP contribution is 2.24. The molecule has 0 amide bonds. The van der Waals surface area contributed by atoms with E-state index >= 15 is 0 Å². The number of nitro benzene ring substituents is 1. The normalized spacial score (nSPS) is 10.5. The molecule has 0 unspecified atom stereocenters. The summed E-state index contributed by atoms with van der Waals surface area (Å²) >= 11 is 6.07. The van der Waals surface area contributed by atoms with E-state index in [0.717, 1.165) is 11.3 Å². The molecule has 1 aromatic heterocycles. The summed E-state index contributed by atoms with van der Waals surface area (Å²) in [6.07, 6.45) is 0. The fraction of sp³-hybridized carbons (Fsp3) is 0. The zero-order chi connectivity index (χ0) is 17.3. The SMILES string of the molecule is O=c1[nH]c(=S)[nH]c(=O)c2ccc([N+](=O)[O-])cc2sc2ccccc12. The molecule has 1 heterocycles. The fourth-order valence-corrected chi connectivity index (χ4v) is 3.42. The Labute approximate surface area is 142 Å². The standard InChI is InChI=1S/C15H9N3O4S2/c19-13-9-3-1-2-4-11(9)24-12-7-8(18(21)22)5-6-10(12)14(20)17-15(23)16-13/h1-7H,(H2,16,17,19,20,23). The number of benzene rings is 2. The van der Waals surface area contributed by atoms with Crippen LogP contribution in [0.25, 0.3) is 20.2 Å².